The van der Waals surface area contributed by atoms with Crippen molar-refractivity contribution in [2.24, 2.45) is 0 Å². The zero-order valence-corrected chi connectivity index (χ0v) is 13.6. The molecule has 5 heteroatoms. The molecular formula is C17H22N4O. The molecule has 0 spiro atoms. The smallest absolute Gasteiger partial charge is 0.274 e. The van der Waals surface area contributed by atoms with Crippen LogP contribution < -0.4 is 10.2 Å². The highest BCUT2D eigenvalue weighted by molar-refractivity contribution is 6.03. The van der Waals surface area contributed by atoms with Gasteiger partial charge in [0.1, 0.15) is 5.69 Å². The van der Waals surface area contributed by atoms with Crippen molar-refractivity contribution in [2.75, 3.05) is 23.3 Å². The van der Waals surface area contributed by atoms with Crippen LogP contribution >= 0.6 is 0 Å². The molecule has 1 N–H and O–H groups in total. The summed E-state index contributed by atoms with van der Waals surface area (Å²) < 4.78 is 0. The first kappa shape index (κ1) is 15.9. The van der Waals surface area contributed by atoms with Crippen molar-refractivity contribution in [1.29, 1.82) is 0 Å². The molecule has 1 amide bonds. The Labute approximate surface area is 131 Å². The Hall–Kier alpha value is -2.43. The third kappa shape index (κ3) is 3.61. The Morgan fingerprint density at radius 2 is 1.91 bits per heavy atom. The number of carbonyl (C=O) groups excluding carboxylic acids is 1. The first-order chi connectivity index (χ1) is 10.5. The van der Waals surface area contributed by atoms with Crippen molar-refractivity contribution in [3.05, 3.63) is 47.3 Å². The summed E-state index contributed by atoms with van der Waals surface area (Å²) in [6.45, 7) is 9.65. The number of nitrogens with zero attached hydrogens (tertiary/aromatic N) is 3. The van der Waals surface area contributed by atoms with Crippen LogP contribution in [0.4, 0.5) is 11.6 Å². The van der Waals surface area contributed by atoms with Crippen LogP contribution in [0, 0.1) is 13.8 Å². The highest BCUT2D eigenvalue weighted by Gasteiger charge is 2.12. The van der Waals surface area contributed by atoms with Crippen molar-refractivity contribution in [2.45, 2.75) is 27.7 Å². The van der Waals surface area contributed by atoms with E-state index in [2.05, 4.69) is 15.3 Å². The fourth-order valence-corrected chi connectivity index (χ4v) is 2.19. The molecule has 0 saturated heterocycles. The summed E-state index contributed by atoms with van der Waals surface area (Å²) in [6, 6.07) is 7.60. The van der Waals surface area contributed by atoms with E-state index >= 15 is 0 Å². The van der Waals surface area contributed by atoms with Gasteiger partial charge in [-0.1, -0.05) is 12.1 Å². The molecule has 22 heavy (non-hydrogen) atoms. The first-order valence-electron chi connectivity index (χ1n) is 7.51. The molecular weight excluding hydrogens is 276 g/mol. The number of rotatable bonds is 5. The normalized spacial score (nSPS) is 10.4. The topological polar surface area (TPSA) is 58.1 Å². The van der Waals surface area contributed by atoms with Crippen LogP contribution in [0.2, 0.25) is 0 Å². The molecule has 0 saturated carbocycles. The molecule has 0 fully saturated rings. The SMILES string of the molecule is CCN(CC)c1nccc(C(=O)Nc2cc(C)ccc2C)n1. The van der Waals surface area contributed by atoms with E-state index in [1.54, 1.807) is 12.3 Å². The first-order valence-corrected chi connectivity index (χ1v) is 7.51. The van der Waals surface area contributed by atoms with Gasteiger partial charge in [0, 0.05) is 25.0 Å². The third-order valence-electron chi connectivity index (χ3n) is 3.56. The monoisotopic (exact) mass is 298 g/mol. The number of nitrogens with one attached hydrogen (secondary N) is 1. The molecule has 0 aliphatic heterocycles. The fourth-order valence-electron chi connectivity index (χ4n) is 2.19. The molecule has 0 aliphatic carbocycles. The lowest BCUT2D eigenvalue weighted by atomic mass is 10.1. The van der Waals surface area contributed by atoms with Gasteiger partial charge in [0.15, 0.2) is 0 Å². The number of benzene rings is 1. The minimum absolute atomic E-state index is 0.218. The summed E-state index contributed by atoms with van der Waals surface area (Å²) in [5.41, 5.74) is 3.31. The van der Waals surface area contributed by atoms with E-state index in [-0.39, 0.29) is 5.91 Å². The van der Waals surface area contributed by atoms with Crippen LogP contribution in [-0.4, -0.2) is 29.0 Å². The Kier molecular flexibility index (Phi) is 5.09. The van der Waals surface area contributed by atoms with Gasteiger partial charge >= 0.3 is 0 Å². The predicted octanol–water partition coefficient (Wildman–Crippen LogP) is 3.19. The van der Waals surface area contributed by atoms with E-state index in [0.717, 1.165) is 29.9 Å². The minimum Gasteiger partial charge on any atom is -0.341 e. The summed E-state index contributed by atoms with van der Waals surface area (Å²) in [5.74, 6) is 0.364. The summed E-state index contributed by atoms with van der Waals surface area (Å²) in [4.78, 5) is 23.0. The average molecular weight is 298 g/mol. The molecule has 0 radical (unpaired) electrons. The summed E-state index contributed by atoms with van der Waals surface area (Å²) in [6.07, 6.45) is 1.62. The lowest BCUT2D eigenvalue weighted by Crippen LogP contribution is -2.25. The van der Waals surface area contributed by atoms with Gasteiger partial charge in [-0.05, 0) is 51.0 Å². The number of hydrogen-bond donors (Lipinski definition) is 1. The molecule has 1 aromatic heterocycles. The van der Waals surface area contributed by atoms with Gasteiger partial charge in [0.05, 0.1) is 0 Å². The van der Waals surface area contributed by atoms with Gasteiger partial charge in [-0.2, -0.15) is 0 Å². The Morgan fingerprint density at radius 1 is 1.18 bits per heavy atom. The minimum atomic E-state index is -0.218. The number of anilines is 2. The fraction of sp³-hybridized carbons (Fsp3) is 0.353. The largest absolute Gasteiger partial charge is 0.341 e. The molecule has 0 bridgehead atoms. The van der Waals surface area contributed by atoms with E-state index in [0.29, 0.717) is 11.6 Å². The maximum atomic E-state index is 12.4. The van der Waals surface area contributed by atoms with Crippen molar-refractivity contribution < 1.29 is 4.79 Å². The third-order valence-corrected chi connectivity index (χ3v) is 3.56. The Morgan fingerprint density at radius 3 is 2.59 bits per heavy atom. The lowest BCUT2D eigenvalue weighted by molar-refractivity contribution is 0.102. The van der Waals surface area contributed by atoms with E-state index in [4.69, 9.17) is 0 Å². The number of aromatic nitrogens is 2. The van der Waals surface area contributed by atoms with Crippen molar-refractivity contribution in [3.63, 3.8) is 0 Å². The zero-order chi connectivity index (χ0) is 16.1. The molecule has 2 rings (SSSR count). The molecule has 0 aliphatic rings. The molecule has 1 heterocycles. The molecule has 1 aromatic carbocycles. The second-order valence-electron chi connectivity index (χ2n) is 5.19. The van der Waals surface area contributed by atoms with E-state index in [1.165, 1.54) is 0 Å². The molecule has 5 nitrogen and oxygen atoms in total. The van der Waals surface area contributed by atoms with Crippen molar-refractivity contribution >= 4 is 17.5 Å². The average Bonchev–Trinajstić information content (AvgIpc) is 2.52. The molecule has 0 unspecified atom stereocenters. The standard InChI is InChI=1S/C17H22N4O/c1-5-21(6-2)17-18-10-9-14(20-17)16(22)19-15-11-12(3)7-8-13(15)4/h7-11H,5-6H2,1-4H3,(H,19,22). The number of amides is 1. The highest BCUT2D eigenvalue weighted by atomic mass is 16.1. The van der Waals surface area contributed by atoms with Crippen LogP contribution in [0.15, 0.2) is 30.5 Å². The molecule has 2 aromatic rings. The summed E-state index contributed by atoms with van der Waals surface area (Å²) >= 11 is 0. The van der Waals surface area contributed by atoms with Gasteiger partial charge < -0.3 is 10.2 Å². The van der Waals surface area contributed by atoms with E-state index in [9.17, 15) is 4.79 Å². The van der Waals surface area contributed by atoms with Crippen LogP contribution in [0.5, 0.6) is 0 Å². The maximum absolute atomic E-state index is 12.4. The van der Waals surface area contributed by atoms with Crippen LogP contribution in [0.25, 0.3) is 0 Å². The van der Waals surface area contributed by atoms with Gasteiger partial charge in [0.2, 0.25) is 5.95 Å². The van der Waals surface area contributed by atoms with Gasteiger partial charge in [0.25, 0.3) is 5.91 Å². The number of aryl methyl sites for hydroxylation is 2. The quantitative estimate of drug-likeness (QED) is 0.921. The van der Waals surface area contributed by atoms with E-state index < -0.39 is 0 Å². The van der Waals surface area contributed by atoms with Crippen LogP contribution in [-0.2, 0) is 0 Å². The number of carbonyl (C=O) groups is 1. The van der Waals surface area contributed by atoms with E-state index in [1.807, 2.05) is 50.8 Å². The lowest BCUT2D eigenvalue weighted by Gasteiger charge is -2.18. The van der Waals surface area contributed by atoms with Crippen LogP contribution in [0.1, 0.15) is 35.5 Å². The number of hydrogen-bond acceptors (Lipinski definition) is 4. The predicted molar refractivity (Wildman–Crippen MR) is 89.5 cm³/mol. The zero-order valence-electron chi connectivity index (χ0n) is 13.6. The van der Waals surface area contributed by atoms with Crippen LogP contribution in [0.3, 0.4) is 0 Å². The summed E-state index contributed by atoms with van der Waals surface area (Å²) in [7, 11) is 0. The Bertz CT molecular complexity index is 665. The Balaban J connectivity index is 2.23. The summed E-state index contributed by atoms with van der Waals surface area (Å²) in [5, 5.41) is 2.92. The second-order valence-corrected chi connectivity index (χ2v) is 5.19. The highest BCUT2D eigenvalue weighted by Crippen LogP contribution is 2.17. The van der Waals surface area contributed by atoms with Crippen molar-refractivity contribution in [3.8, 4) is 0 Å². The van der Waals surface area contributed by atoms with Crippen molar-refractivity contribution in [1.82, 2.24) is 9.97 Å². The van der Waals surface area contributed by atoms with Gasteiger partial charge in [-0.25, -0.2) is 9.97 Å². The van der Waals surface area contributed by atoms with Gasteiger partial charge in [-0.15, -0.1) is 0 Å². The second kappa shape index (κ2) is 7.02. The van der Waals surface area contributed by atoms with Gasteiger partial charge in [-0.3, -0.25) is 4.79 Å². The maximum Gasteiger partial charge on any atom is 0.274 e. The molecule has 116 valence electrons. The molecule has 0 atom stereocenters.